The number of rotatable bonds is 6. The van der Waals surface area contributed by atoms with Crippen LogP contribution in [0.15, 0.2) is 54.7 Å². The van der Waals surface area contributed by atoms with E-state index in [1.165, 1.54) is 0 Å². The highest BCUT2D eigenvalue weighted by Crippen LogP contribution is 2.26. The van der Waals surface area contributed by atoms with Gasteiger partial charge in [-0.1, -0.05) is 48.0 Å². The second-order valence-electron chi connectivity index (χ2n) is 5.80. The standard InChI is InChI=1S/C19H18ClN5O/c1-12-16(20)19(25-18(23-12)14-9-5-6-10-22-14)24-15(17(21)26)11-13-7-3-2-4-8-13/h2-10,15H,11H2,1H3,(H2,21,26)(H,23,24,25)/t15-/m0/s1. The molecule has 3 rings (SSSR count). The van der Waals surface area contributed by atoms with Gasteiger partial charge in [-0.3, -0.25) is 9.78 Å². The molecule has 0 aliphatic rings. The Bertz CT molecular complexity index is 903. The van der Waals surface area contributed by atoms with Gasteiger partial charge < -0.3 is 11.1 Å². The Labute approximate surface area is 156 Å². The number of benzene rings is 1. The summed E-state index contributed by atoms with van der Waals surface area (Å²) in [5, 5.41) is 3.41. The van der Waals surface area contributed by atoms with Gasteiger partial charge in [-0.25, -0.2) is 9.97 Å². The number of anilines is 1. The highest BCUT2D eigenvalue weighted by molar-refractivity contribution is 6.33. The third-order valence-corrected chi connectivity index (χ3v) is 4.30. The van der Waals surface area contributed by atoms with Gasteiger partial charge in [0.1, 0.15) is 22.6 Å². The predicted octanol–water partition coefficient (Wildman–Crippen LogP) is 3.01. The van der Waals surface area contributed by atoms with Crippen molar-refractivity contribution in [2.45, 2.75) is 19.4 Å². The van der Waals surface area contributed by atoms with Crippen LogP contribution in [0.1, 0.15) is 11.3 Å². The SMILES string of the molecule is Cc1nc(-c2ccccn2)nc(N[C@@H](Cc2ccccc2)C(N)=O)c1Cl. The van der Waals surface area contributed by atoms with Crippen LogP contribution in [0.2, 0.25) is 5.02 Å². The van der Waals surface area contributed by atoms with E-state index in [2.05, 4.69) is 20.3 Å². The van der Waals surface area contributed by atoms with E-state index in [1.807, 2.05) is 48.5 Å². The van der Waals surface area contributed by atoms with Crippen LogP contribution < -0.4 is 11.1 Å². The summed E-state index contributed by atoms with van der Waals surface area (Å²) < 4.78 is 0. The Balaban J connectivity index is 1.91. The predicted molar refractivity (Wildman–Crippen MR) is 102 cm³/mol. The molecule has 0 aliphatic carbocycles. The van der Waals surface area contributed by atoms with E-state index in [4.69, 9.17) is 17.3 Å². The van der Waals surface area contributed by atoms with Crippen molar-refractivity contribution in [1.82, 2.24) is 15.0 Å². The lowest BCUT2D eigenvalue weighted by Crippen LogP contribution is -2.37. The number of carbonyl (C=O) groups is 1. The van der Waals surface area contributed by atoms with E-state index >= 15 is 0 Å². The number of carbonyl (C=O) groups excluding carboxylic acids is 1. The van der Waals surface area contributed by atoms with Crippen LogP contribution in [-0.4, -0.2) is 26.9 Å². The summed E-state index contributed by atoms with van der Waals surface area (Å²) in [6, 6.07) is 14.4. The normalized spacial score (nSPS) is 11.8. The van der Waals surface area contributed by atoms with Gasteiger partial charge in [0.25, 0.3) is 0 Å². The molecule has 2 heterocycles. The number of hydrogen-bond acceptors (Lipinski definition) is 5. The third kappa shape index (κ3) is 4.15. The van der Waals surface area contributed by atoms with Crippen LogP contribution in [0.4, 0.5) is 5.82 Å². The largest absolute Gasteiger partial charge is 0.368 e. The maximum Gasteiger partial charge on any atom is 0.240 e. The number of aromatic nitrogens is 3. The molecule has 1 aromatic carbocycles. The molecule has 6 nitrogen and oxygen atoms in total. The fourth-order valence-corrected chi connectivity index (χ4v) is 2.64. The maximum atomic E-state index is 11.9. The molecule has 0 aliphatic heterocycles. The van der Waals surface area contributed by atoms with E-state index < -0.39 is 11.9 Å². The molecule has 0 radical (unpaired) electrons. The molecule has 132 valence electrons. The summed E-state index contributed by atoms with van der Waals surface area (Å²) in [6.07, 6.45) is 2.09. The first kappa shape index (κ1) is 17.8. The number of halogens is 1. The highest BCUT2D eigenvalue weighted by atomic mass is 35.5. The summed E-state index contributed by atoms with van der Waals surface area (Å²) in [7, 11) is 0. The van der Waals surface area contributed by atoms with Gasteiger partial charge in [-0.05, 0) is 24.6 Å². The van der Waals surface area contributed by atoms with Crippen molar-refractivity contribution in [3.63, 3.8) is 0 Å². The number of nitrogens with zero attached hydrogens (tertiary/aromatic N) is 3. The Morgan fingerprint density at radius 3 is 2.54 bits per heavy atom. The number of nitrogens with one attached hydrogen (secondary N) is 1. The maximum absolute atomic E-state index is 11.9. The molecule has 0 saturated carbocycles. The number of nitrogens with two attached hydrogens (primary N) is 1. The van der Waals surface area contributed by atoms with Crippen LogP contribution in [0.25, 0.3) is 11.5 Å². The van der Waals surface area contributed by atoms with Gasteiger partial charge in [0.05, 0.1) is 5.69 Å². The van der Waals surface area contributed by atoms with Crippen LogP contribution in [0, 0.1) is 6.92 Å². The first-order valence-electron chi connectivity index (χ1n) is 8.10. The number of aryl methyl sites for hydroxylation is 1. The Hall–Kier alpha value is -2.99. The van der Waals surface area contributed by atoms with Crippen LogP contribution in [0.3, 0.4) is 0 Å². The molecule has 3 N–H and O–H groups in total. The number of amides is 1. The highest BCUT2D eigenvalue weighted by Gasteiger charge is 2.20. The summed E-state index contributed by atoms with van der Waals surface area (Å²) >= 11 is 6.34. The Morgan fingerprint density at radius 1 is 1.15 bits per heavy atom. The smallest absolute Gasteiger partial charge is 0.240 e. The lowest BCUT2D eigenvalue weighted by Gasteiger charge is -2.18. The fraction of sp³-hybridized carbons (Fsp3) is 0.158. The first-order valence-corrected chi connectivity index (χ1v) is 8.47. The van der Waals surface area contributed by atoms with E-state index in [9.17, 15) is 4.79 Å². The molecular weight excluding hydrogens is 350 g/mol. The lowest BCUT2D eigenvalue weighted by molar-refractivity contribution is -0.118. The lowest BCUT2D eigenvalue weighted by atomic mass is 10.1. The first-order chi connectivity index (χ1) is 12.5. The second-order valence-corrected chi connectivity index (χ2v) is 6.18. The third-order valence-electron chi connectivity index (χ3n) is 3.85. The summed E-state index contributed by atoms with van der Waals surface area (Å²) in [5.41, 5.74) is 7.76. The van der Waals surface area contributed by atoms with Gasteiger partial charge in [0.2, 0.25) is 5.91 Å². The monoisotopic (exact) mass is 367 g/mol. The van der Waals surface area contributed by atoms with Gasteiger partial charge in [0, 0.05) is 12.6 Å². The van der Waals surface area contributed by atoms with Gasteiger partial charge in [-0.2, -0.15) is 0 Å². The molecule has 0 saturated heterocycles. The zero-order valence-corrected chi connectivity index (χ0v) is 14.9. The number of primary amides is 1. The fourth-order valence-electron chi connectivity index (χ4n) is 2.50. The van der Waals surface area contributed by atoms with Crippen LogP contribution >= 0.6 is 11.6 Å². The summed E-state index contributed by atoms with van der Waals surface area (Å²) in [4.78, 5) is 25.0. The average Bonchev–Trinajstić information content (AvgIpc) is 2.66. The molecule has 1 atom stereocenters. The van der Waals surface area contributed by atoms with E-state index in [1.54, 1.807) is 13.1 Å². The van der Waals surface area contributed by atoms with Crippen LogP contribution in [-0.2, 0) is 11.2 Å². The van der Waals surface area contributed by atoms with Crippen molar-refractivity contribution in [2.24, 2.45) is 5.73 Å². The quantitative estimate of drug-likeness (QED) is 0.698. The van der Waals surface area contributed by atoms with Gasteiger partial charge >= 0.3 is 0 Å². The zero-order chi connectivity index (χ0) is 18.5. The molecule has 0 spiro atoms. The van der Waals surface area contributed by atoms with Crippen molar-refractivity contribution in [1.29, 1.82) is 0 Å². The minimum atomic E-state index is -0.652. The molecule has 0 unspecified atom stereocenters. The molecular formula is C19H18ClN5O. The van der Waals surface area contributed by atoms with Gasteiger partial charge in [-0.15, -0.1) is 0 Å². The van der Waals surface area contributed by atoms with Crippen LogP contribution in [0.5, 0.6) is 0 Å². The summed E-state index contributed by atoms with van der Waals surface area (Å²) in [5.74, 6) is 0.304. The van der Waals surface area contributed by atoms with Crippen molar-refractivity contribution < 1.29 is 4.79 Å². The average molecular weight is 368 g/mol. The number of pyridine rings is 1. The number of hydrogen-bond donors (Lipinski definition) is 2. The van der Waals surface area contributed by atoms with Crippen molar-refractivity contribution in [3.8, 4) is 11.5 Å². The van der Waals surface area contributed by atoms with E-state index in [0.717, 1.165) is 5.56 Å². The molecule has 0 fully saturated rings. The van der Waals surface area contributed by atoms with Gasteiger partial charge in [0.15, 0.2) is 5.82 Å². The molecule has 3 aromatic rings. The second kappa shape index (κ2) is 7.93. The van der Waals surface area contributed by atoms with Crippen molar-refractivity contribution in [3.05, 3.63) is 71.0 Å². The molecule has 0 bridgehead atoms. The summed E-state index contributed by atoms with van der Waals surface area (Å²) in [6.45, 7) is 1.78. The topological polar surface area (TPSA) is 93.8 Å². The zero-order valence-electron chi connectivity index (χ0n) is 14.2. The Morgan fingerprint density at radius 2 is 1.88 bits per heavy atom. The van der Waals surface area contributed by atoms with E-state index in [0.29, 0.717) is 34.5 Å². The molecule has 26 heavy (non-hydrogen) atoms. The van der Waals surface area contributed by atoms with Crippen molar-refractivity contribution in [2.75, 3.05) is 5.32 Å². The minimum Gasteiger partial charge on any atom is -0.368 e. The Kier molecular flexibility index (Phi) is 5.43. The minimum absolute atomic E-state index is 0.351. The molecule has 1 amide bonds. The molecule has 2 aromatic heterocycles. The van der Waals surface area contributed by atoms with Crippen molar-refractivity contribution >= 4 is 23.3 Å². The van der Waals surface area contributed by atoms with E-state index in [-0.39, 0.29) is 0 Å². The molecule has 7 heteroatoms.